The zero-order valence-electron chi connectivity index (χ0n) is 16.6. The van der Waals surface area contributed by atoms with E-state index < -0.39 is 22.9 Å². The van der Waals surface area contributed by atoms with E-state index in [9.17, 15) is 8.78 Å². The normalized spacial score (nSPS) is 12.1. The molecule has 0 aliphatic rings. The van der Waals surface area contributed by atoms with Crippen molar-refractivity contribution in [2.75, 3.05) is 12.4 Å². The molecule has 0 saturated heterocycles. The van der Waals surface area contributed by atoms with E-state index >= 15 is 0 Å². The third-order valence-electron chi connectivity index (χ3n) is 4.33. The Kier molecular flexibility index (Phi) is 6.46. The molecule has 1 atom stereocenters. The second-order valence-corrected chi connectivity index (χ2v) is 7.50. The highest BCUT2D eigenvalue weighted by Gasteiger charge is 2.17. The van der Waals surface area contributed by atoms with Crippen LogP contribution >= 0.6 is 0 Å². The van der Waals surface area contributed by atoms with Crippen LogP contribution in [0.5, 0.6) is 0 Å². The number of rotatable bonds is 7. The zero-order chi connectivity index (χ0) is 22.5. The first kappa shape index (κ1) is 21.5. The van der Waals surface area contributed by atoms with Gasteiger partial charge in [-0.3, -0.25) is 8.37 Å². The van der Waals surface area contributed by atoms with E-state index in [4.69, 9.17) is 18.0 Å². The molecule has 11 heteroatoms. The summed E-state index contributed by atoms with van der Waals surface area (Å²) < 4.78 is 47.7. The molecule has 0 radical (unpaired) electrons. The molecular formula is C21H15F2N5O3S. The highest BCUT2D eigenvalue weighted by atomic mass is 32.2. The van der Waals surface area contributed by atoms with E-state index in [-0.39, 0.29) is 29.2 Å². The third kappa shape index (κ3) is 4.62. The molecule has 0 aliphatic heterocycles. The first-order valence-electron chi connectivity index (χ1n) is 9.15. The molecular weight excluding hydrogens is 440 g/mol. The van der Waals surface area contributed by atoms with Crippen molar-refractivity contribution in [3.8, 4) is 17.5 Å². The van der Waals surface area contributed by atoms with E-state index in [0.29, 0.717) is 11.3 Å². The van der Waals surface area contributed by atoms with Crippen molar-refractivity contribution in [1.29, 1.82) is 5.26 Å². The predicted octanol–water partition coefficient (Wildman–Crippen LogP) is 5.19. The molecule has 1 unspecified atom stereocenters. The summed E-state index contributed by atoms with van der Waals surface area (Å²) in [6.07, 6.45) is 4.00. The first-order valence-corrected chi connectivity index (χ1v) is 10.2. The van der Waals surface area contributed by atoms with Crippen LogP contribution in [-0.2, 0) is 26.2 Å². The lowest BCUT2D eigenvalue weighted by Gasteiger charge is -2.10. The maximum absolute atomic E-state index is 14.5. The number of anilines is 2. The van der Waals surface area contributed by atoms with Crippen molar-refractivity contribution in [3.63, 3.8) is 0 Å². The lowest BCUT2D eigenvalue weighted by Crippen LogP contribution is -2.02. The van der Waals surface area contributed by atoms with Crippen molar-refractivity contribution in [1.82, 2.24) is 9.97 Å². The van der Waals surface area contributed by atoms with E-state index in [2.05, 4.69) is 19.6 Å². The Balaban J connectivity index is 1.59. The van der Waals surface area contributed by atoms with Gasteiger partial charge in [0, 0.05) is 11.3 Å². The molecule has 2 aromatic carbocycles. The number of fused-ring (bicyclic) bond motifs is 1. The number of halogens is 2. The fourth-order valence-corrected chi connectivity index (χ4v) is 3.49. The maximum atomic E-state index is 14.5. The summed E-state index contributed by atoms with van der Waals surface area (Å²) in [6.45, 7) is 0.152. The van der Waals surface area contributed by atoms with E-state index in [1.807, 2.05) is 6.07 Å². The molecule has 0 fully saturated rings. The number of aromatic nitrogens is 2. The van der Waals surface area contributed by atoms with Crippen LogP contribution in [0.4, 0.5) is 20.4 Å². The molecule has 4 rings (SSSR count). The Hall–Kier alpha value is -3.72. The second kappa shape index (κ2) is 9.61. The minimum atomic E-state index is -1.27. The van der Waals surface area contributed by atoms with Crippen molar-refractivity contribution >= 4 is 33.9 Å². The van der Waals surface area contributed by atoms with Crippen molar-refractivity contribution in [2.45, 2.75) is 6.61 Å². The fourth-order valence-electron chi connectivity index (χ4n) is 2.96. The van der Waals surface area contributed by atoms with E-state index in [1.165, 1.54) is 31.6 Å². The third-order valence-corrected chi connectivity index (χ3v) is 5.17. The summed E-state index contributed by atoms with van der Waals surface area (Å²) in [5.41, 5.74) is 1.88. The van der Waals surface area contributed by atoms with Gasteiger partial charge in [-0.05, 0) is 35.9 Å². The molecule has 2 heterocycles. The van der Waals surface area contributed by atoms with Gasteiger partial charge in [0.2, 0.25) is 12.1 Å². The zero-order valence-corrected chi connectivity index (χ0v) is 17.4. The highest BCUT2D eigenvalue weighted by Crippen LogP contribution is 2.32. The first-order chi connectivity index (χ1) is 15.6. The van der Waals surface area contributed by atoms with Crippen molar-refractivity contribution in [2.24, 2.45) is 4.36 Å². The standard InChI is InChI=1S/C21H15F2N5O3S/c1-29-32(26-12-24)31-11-13-3-2-4-14(9-13)27-21-25-10-18(23)19(28-21)16-5-6-17(22)15-7-8-30-20(15)16/h2-10H,11H2,1H3,(H,25,27,28). The lowest BCUT2D eigenvalue weighted by molar-refractivity contribution is 0.298. The van der Waals surface area contributed by atoms with Crippen molar-refractivity contribution in [3.05, 3.63) is 72.1 Å². The monoisotopic (exact) mass is 455 g/mol. The Morgan fingerprint density at radius 1 is 1.22 bits per heavy atom. The lowest BCUT2D eigenvalue weighted by atomic mass is 10.1. The van der Waals surface area contributed by atoms with Crippen LogP contribution in [0.15, 0.2) is 63.7 Å². The topological polar surface area (TPSA) is 106 Å². The molecule has 4 aromatic rings. The van der Waals surface area contributed by atoms with Crippen LogP contribution in [0.2, 0.25) is 0 Å². The quantitative estimate of drug-likeness (QED) is 0.382. The summed E-state index contributed by atoms with van der Waals surface area (Å²) in [6, 6.07) is 11.3. The fraction of sp³-hybridized carbons (Fsp3) is 0.0952. The summed E-state index contributed by atoms with van der Waals surface area (Å²) in [7, 11) is 1.39. The maximum Gasteiger partial charge on any atom is 0.227 e. The smallest absolute Gasteiger partial charge is 0.227 e. The van der Waals surface area contributed by atoms with Crippen LogP contribution in [0.1, 0.15) is 5.56 Å². The molecule has 162 valence electrons. The SMILES string of the molecule is CO/S(=N/C#N)OCc1cccc(Nc2ncc(F)c(-c3ccc(F)c4ccoc34)n2)c1. The molecule has 0 spiro atoms. The van der Waals surface area contributed by atoms with Gasteiger partial charge >= 0.3 is 0 Å². The number of furan rings is 1. The van der Waals surface area contributed by atoms with Crippen LogP contribution in [-0.4, -0.2) is 17.1 Å². The van der Waals surface area contributed by atoms with Gasteiger partial charge in [-0.25, -0.2) is 18.7 Å². The van der Waals surface area contributed by atoms with E-state index in [0.717, 1.165) is 11.8 Å². The molecule has 8 nitrogen and oxygen atoms in total. The predicted molar refractivity (Wildman–Crippen MR) is 114 cm³/mol. The Morgan fingerprint density at radius 2 is 2.09 bits per heavy atom. The molecule has 2 aromatic heterocycles. The average Bonchev–Trinajstić information content (AvgIpc) is 3.30. The largest absolute Gasteiger partial charge is 0.464 e. The van der Waals surface area contributed by atoms with Gasteiger partial charge in [-0.15, -0.1) is 0 Å². The van der Waals surface area contributed by atoms with Gasteiger partial charge in [0.1, 0.15) is 17.1 Å². The second-order valence-electron chi connectivity index (χ2n) is 6.31. The van der Waals surface area contributed by atoms with Gasteiger partial charge in [-0.2, -0.15) is 5.26 Å². The molecule has 0 aliphatic carbocycles. The number of hydrogen-bond acceptors (Lipinski definition) is 8. The van der Waals surface area contributed by atoms with E-state index in [1.54, 1.807) is 24.4 Å². The Labute approximate surface area is 184 Å². The number of nitrogens with zero attached hydrogens (tertiary/aromatic N) is 4. The highest BCUT2D eigenvalue weighted by molar-refractivity contribution is 7.77. The Bertz CT molecular complexity index is 1350. The van der Waals surface area contributed by atoms with Gasteiger partial charge in [0.15, 0.2) is 17.1 Å². The van der Waals surface area contributed by atoms with Crippen molar-refractivity contribution < 1.29 is 21.6 Å². The molecule has 0 bridgehead atoms. The molecule has 0 amide bonds. The molecule has 0 saturated carbocycles. The van der Waals surface area contributed by atoms with Crippen LogP contribution in [0, 0.1) is 23.1 Å². The number of nitriles is 1. The van der Waals surface area contributed by atoms with Crippen LogP contribution in [0.25, 0.3) is 22.2 Å². The molecule has 32 heavy (non-hydrogen) atoms. The number of nitrogens with one attached hydrogen (secondary N) is 1. The summed E-state index contributed by atoms with van der Waals surface area (Å²) in [5, 5.41) is 11.9. The Morgan fingerprint density at radius 3 is 2.91 bits per heavy atom. The number of hydrogen-bond donors (Lipinski definition) is 1. The molecule has 1 N–H and O–H groups in total. The summed E-state index contributed by atoms with van der Waals surface area (Å²) in [5.74, 6) is -1.00. The van der Waals surface area contributed by atoms with Gasteiger partial charge in [0.05, 0.1) is 31.6 Å². The van der Waals surface area contributed by atoms with Crippen LogP contribution < -0.4 is 5.32 Å². The summed E-state index contributed by atoms with van der Waals surface area (Å²) in [4.78, 5) is 8.24. The minimum Gasteiger partial charge on any atom is -0.464 e. The van der Waals surface area contributed by atoms with Gasteiger partial charge in [0.25, 0.3) is 0 Å². The van der Waals surface area contributed by atoms with Gasteiger partial charge < -0.3 is 9.73 Å². The minimum absolute atomic E-state index is 0.0239. The van der Waals surface area contributed by atoms with Crippen LogP contribution in [0.3, 0.4) is 0 Å². The van der Waals surface area contributed by atoms with Gasteiger partial charge in [-0.1, -0.05) is 16.5 Å². The summed E-state index contributed by atoms with van der Waals surface area (Å²) >= 11 is -1.27. The average molecular weight is 455 g/mol. The number of benzene rings is 2.